The first-order chi connectivity index (χ1) is 9.84. The van der Waals surface area contributed by atoms with Crippen molar-refractivity contribution in [2.45, 2.75) is 36.7 Å². The largest absolute Gasteiger partial charge is 0.338 e. The van der Waals surface area contributed by atoms with E-state index in [9.17, 15) is 13.2 Å². The van der Waals surface area contributed by atoms with E-state index >= 15 is 0 Å². The molecule has 0 N–H and O–H groups in total. The maximum Gasteiger partial charge on any atom is 0.236 e. The molecule has 0 aliphatic carbocycles. The van der Waals surface area contributed by atoms with E-state index in [1.165, 1.54) is 16.4 Å². The Morgan fingerprint density at radius 3 is 2.76 bits per heavy atom. The predicted molar refractivity (Wildman–Crippen MR) is 78.6 cm³/mol. The second kappa shape index (κ2) is 6.30. The minimum Gasteiger partial charge on any atom is -0.338 e. The minimum absolute atomic E-state index is 0.0650. The number of hydrogen-bond donors (Lipinski definition) is 0. The lowest BCUT2D eigenvalue weighted by Gasteiger charge is -2.29. The lowest BCUT2D eigenvalue weighted by atomic mass is 10.2. The topological polar surface area (TPSA) is 98.1 Å². The molecule has 1 amide bonds. The van der Waals surface area contributed by atoms with Crippen LogP contribution in [0.1, 0.15) is 20.3 Å². The van der Waals surface area contributed by atoms with Gasteiger partial charge in [-0.2, -0.15) is 0 Å². The summed E-state index contributed by atoms with van der Waals surface area (Å²) >= 11 is 1.27. The molecule has 1 aliphatic heterocycles. The highest BCUT2D eigenvalue weighted by Gasteiger charge is 2.35. The Kier molecular flexibility index (Phi) is 4.87. The average Bonchev–Trinajstić information content (AvgIpc) is 2.97. The predicted octanol–water partition coefficient (Wildman–Crippen LogP) is -0.274. The fourth-order valence-electron chi connectivity index (χ4n) is 2.38. The highest BCUT2D eigenvalue weighted by Crippen LogP contribution is 2.24. The van der Waals surface area contributed by atoms with Gasteiger partial charge in [0.25, 0.3) is 0 Å². The van der Waals surface area contributed by atoms with Crippen LogP contribution < -0.4 is 0 Å². The number of amides is 1. The van der Waals surface area contributed by atoms with E-state index in [0.717, 1.165) is 0 Å². The fraction of sp³-hybridized carbons (Fsp3) is 0.818. The number of hydrogen-bond acceptors (Lipinski definition) is 7. The lowest BCUT2D eigenvalue weighted by molar-refractivity contribution is -0.131. The molecule has 0 aromatic carbocycles. The molecule has 0 saturated carbocycles. The van der Waals surface area contributed by atoms with Crippen LogP contribution in [0.3, 0.4) is 0 Å². The Labute approximate surface area is 128 Å². The molecule has 118 valence electrons. The van der Waals surface area contributed by atoms with Gasteiger partial charge >= 0.3 is 0 Å². The van der Waals surface area contributed by atoms with Crippen molar-refractivity contribution in [3.63, 3.8) is 0 Å². The molecule has 1 saturated heterocycles. The molecule has 2 atom stereocenters. The summed E-state index contributed by atoms with van der Waals surface area (Å²) in [5.74, 6) is 0.152. The van der Waals surface area contributed by atoms with Crippen LogP contribution in [-0.2, 0) is 21.7 Å². The Balaban J connectivity index is 2.04. The summed E-state index contributed by atoms with van der Waals surface area (Å²) in [7, 11) is -1.29. The SMILES string of the molecule is CCN(C(=O)[C@H](C)Sc1nnnn1C)[C@H]1CCS(=O)(=O)C1. The Bertz CT molecular complexity index is 615. The molecule has 1 aromatic rings. The maximum atomic E-state index is 12.5. The van der Waals surface area contributed by atoms with Gasteiger partial charge in [0.1, 0.15) is 0 Å². The summed E-state index contributed by atoms with van der Waals surface area (Å²) in [5.41, 5.74) is 0. The van der Waals surface area contributed by atoms with Crippen molar-refractivity contribution in [2.75, 3.05) is 18.1 Å². The first-order valence-electron chi connectivity index (χ1n) is 6.74. The third-order valence-corrected chi connectivity index (χ3v) is 6.35. The van der Waals surface area contributed by atoms with Gasteiger partial charge in [-0.05, 0) is 30.7 Å². The van der Waals surface area contributed by atoms with Crippen molar-refractivity contribution in [2.24, 2.45) is 7.05 Å². The summed E-state index contributed by atoms with van der Waals surface area (Å²) in [6.45, 7) is 4.15. The Morgan fingerprint density at radius 1 is 1.57 bits per heavy atom. The number of tetrazole rings is 1. The van der Waals surface area contributed by atoms with Crippen LogP contribution in [0.25, 0.3) is 0 Å². The molecular formula is C11H19N5O3S2. The number of sulfone groups is 1. The third kappa shape index (κ3) is 3.73. The highest BCUT2D eigenvalue weighted by molar-refractivity contribution is 8.00. The summed E-state index contributed by atoms with van der Waals surface area (Å²) in [6, 6.07) is -0.215. The van der Waals surface area contributed by atoms with Gasteiger partial charge in [0, 0.05) is 19.6 Å². The molecule has 0 spiro atoms. The number of aryl methyl sites for hydroxylation is 1. The maximum absolute atomic E-state index is 12.5. The van der Waals surface area contributed by atoms with Gasteiger partial charge in [0.15, 0.2) is 9.84 Å². The van der Waals surface area contributed by atoms with E-state index in [4.69, 9.17) is 0 Å². The molecular weight excluding hydrogens is 314 g/mol. The molecule has 10 heteroatoms. The molecule has 2 rings (SSSR count). The van der Waals surface area contributed by atoms with Crippen molar-refractivity contribution in [3.8, 4) is 0 Å². The first-order valence-corrected chi connectivity index (χ1v) is 9.44. The molecule has 8 nitrogen and oxygen atoms in total. The van der Waals surface area contributed by atoms with Crippen LogP contribution in [0.5, 0.6) is 0 Å². The molecule has 1 aliphatic rings. The minimum atomic E-state index is -3.00. The normalized spacial score (nSPS) is 22.1. The van der Waals surface area contributed by atoms with E-state index in [-0.39, 0.29) is 28.7 Å². The second-order valence-electron chi connectivity index (χ2n) is 5.03. The van der Waals surface area contributed by atoms with Gasteiger partial charge in [0.05, 0.1) is 16.8 Å². The van der Waals surface area contributed by atoms with Crippen molar-refractivity contribution < 1.29 is 13.2 Å². The van der Waals surface area contributed by atoms with Gasteiger partial charge in [-0.15, -0.1) is 5.10 Å². The molecule has 0 bridgehead atoms. The Morgan fingerprint density at radius 2 is 2.29 bits per heavy atom. The van der Waals surface area contributed by atoms with Crippen molar-refractivity contribution in [3.05, 3.63) is 0 Å². The standard InChI is InChI=1S/C11H19N5O3S2/c1-4-16(9-5-6-21(18,19)7-9)10(17)8(2)20-11-12-13-14-15(11)3/h8-9H,4-7H2,1-3H3/t8-,9-/m0/s1. The Hall–Kier alpha value is -1.16. The number of carbonyl (C=O) groups is 1. The molecule has 1 fully saturated rings. The first kappa shape index (κ1) is 16.2. The number of aromatic nitrogens is 4. The summed E-state index contributed by atoms with van der Waals surface area (Å²) in [5, 5.41) is 11.3. The quantitative estimate of drug-likeness (QED) is 0.684. The smallest absolute Gasteiger partial charge is 0.236 e. The zero-order valence-corrected chi connectivity index (χ0v) is 13.9. The fourth-order valence-corrected chi connectivity index (χ4v) is 4.93. The van der Waals surface area contributed by atoms with Crippen LogP contribution in [0.2, 0.25) is 0 Å². The van der Waals surface area contributed by atoms with Gasteiger partial charge in [-0.1, -0.05) is 11.8 Å². The van der Waals surface area contributed by atoms with Gasteiger partial charge < -0.3 is 4.90 Å². The average molecular weight is 333 g/mol. The van der Waals surface area contributed by atoms with E-state index < -0.39 is 9.84 Å². The lowest BCUT2D eigenvalue weighted by Crippen LogP contribution is -2.44. The number of carbonyl (C=O) groups excluding carboxylic acids is 1. The van der Waals surface area contributed by atoms with Gasteiger partial charge in [-0.25, -0.2) is 13.1 Å². The molecule has 1 aromatic heterocycles. The molecule has 21 heavy (non-hydrogen) atoms. The molecule has 0 unspecified atom stereocenters. The summed E-state index contributed by atoms with van der Waals surface area (Å²) in [6.07, 6.45) is 0.519. The van der Waals surface area contributed by atoms with Crippen LogP contribution in [0, 0.1) is 0 Å². The van der Waals surface area contributed by atoms with E-state index in [2.05, 4.69) is 15.5 Å². The highest BCUT2D eigenvalue weighted by atomic mass is 32.2. The van der Waals surface area contributed by atoms with Crippen molar-refractivity contribution in [1.82, 2.24) is 25.1 Å². The zero-order chi connectivity index (χ0) is 15.6. The van der Waals surface area contributed by atoms with Crippen molar-refractivity contribution in [1.29, 1.82) is 0 Å². The van der Waals surface area contributed by atoms with Crippen molar-refractivity contribution >= 4 is 27.5 Å². The number of nitrogens with zero attached hydrogens (tertiary/aromatic N) is 5. The van der Waals surface area contributed by atoms with Gasteiger partial charge in [-0.3, -0.25) is 4.79 Å². The number of rotatable bonds is 5. The van der Waals surface area contributed by atoms with E-state index in [1.807, 2.05) is 6.92 Å². The van der Waals surface area contributed by atoms with E-state index in [0.29, 0.717) is 18.1 Å². The summed E-state index contributed by atoms with van der Waals surface area (Å²) < 4.78 is 24.7. The van der Waals surface area contributed by atoms with Crippen LogP contribution >= 0.6 is 11.8 Å². The van der Waals surface area contributed by atoms with Crippen LogP contribution in [0.4, 0.5) is 0 Å². The zero-order valence-electron chi connectivity index (χ0n) is 12.3. The number of thioether (sulfide) groups is 1. The van der Waals surface area contributed by atoms with E-state index in [1.54, 1.807) is 18.9 Å². The van der Waals surface area contributed by atoms with Crippen LogP contribution in [-0.4, -0.2) is 68.8 Å². The molecule has 0 radical (unpaired) electrons. The van der Waals surface area contributed by atoms with Gasteiger partial charge in [0.2, 0.25) is 11.1 Å². The summed E-state index contributed by atoms with van der Waals surface area (Å²) in [4.78, 5) is 14.2. The third-order valence-electron chi connectivity index (χ3n) is 3.48. The van der Waals surface area contributed by atoms with Crippen LogP contribution in [0.15, 0.2) is 5.16 Å². The monoisotopic (exact) mass is 333 g/mol. The second-order valence-corrected chi connectivity index (χ2v) is 8.56. The molecule has 2 heterocycles.